The van der Waals surface area contributed by atoms with Gasteiger partial charge in [0, 0.05) is 5.69 Å². The van der Waals surface area contributed by atoms with Crippen molar-refractivity contribution < 1.29 is 4.79 Å². The first-order valence-corrected chi connectivity index (χ1v) is 5.98. The van der Waals surface area contributed by atoms with E-state index in [1.54, 1.807) is 0 Å². The highest BCUT2D eigenvalue weighted by Gasteiger charge is 2.23. The van der Waals surface area contributed by atoms with Crippen molar-refractivity contribution in [3.63, 3.8) is 0 Å². The van der Waals surface area contributed by atoms with Crippen molar-refractivity contribution in [1.82, 2.24) is 14.7 Å². The lowest BCUT2D eigenvalue weighted by Crippen LogP contribution is -2.16. The molecule has 17 heavy (non-hydrogen) atoms. The Morgan fingerprint density at radius 3 is 3.12 bits per heavy atom. The summed E-state index contributed by atoms with van der Waals surface area (Å²) in [6, 6.07) is 6.23. The summed E-state index contributed by atoms with van der Waals surface area (Å²) >= 11 is 0. The molecule has 0 radical (unpaired) electrons. The Kier molecular flexibility index (Phi) is 2.44. The number of aryl methyl sites for hydroxylation is 1. The van der Waals surface area contributed by atoms with E-state index in [1.807, 2.05) is 25.1 Å². The molecule has 1 N–H and O–H groups in total. The van der Waals surface area contributed by atoms with E-state index in [9.17, 15) is 4.79 Å². The first-order chi connectivity index (χ1) is 8.31. The number of hydrogen-bond acceptors (Lipinski definition) is 3. The predicted molar refractivity (Wildman–Crippen MR) is 65.3 cm³/mol. The highest BCUT2D eigenvalue weighted by atomic mass is 16.1. The standard InChI is InChI=1S/C13H15N3O/c1-9-4-2-6-12-11(8-17)15-13(16(9)12)10-5-3-7-14-10/h2,4,6,8,10,14H,3,5,7H2,1H3. The van der Waals surface area contributed by atoms with Crippen molar-refractivity contribution in [3.8, 4) is 0 Å². The molecule has 0 saturated carbocycles. The molecule has 88 valence electrons. The maximum Gasteiger partial charge on any atom is 0.170 e. The number of hydrogen-bond donors (Lipinski definition) is 1. The highest BCUT2D eigenvalue weighted by Crippen LogP contribution is 2.25. The summed E-state index contributed by atoms with van der Waals surface area (Å²) in [5, 5.41) is 3.43. The second-order valence-corrected chi connectivity index (χ2v) is 4.51. The van der Waals surface area contributed by atoms with Crippen LogP contribution in [0.2, 0.25) is 0 Å². The van der Waals surface area contributed by atoms with Gasteiger partial charge in [0.15, 0.2) is 6.29 Å². The van der Waals surface area contributed by atoms with Crippen LogP contribution < -0.4 is 5.32 Å². The van der Waals surface area contributed by atoms with Crippen LogP contribution in [0.1, 0.15) is 40.9 Å². The van der Waals surface area contributed by atoms with Crippen molar-refractivity contribution in [2.24, 2.45) is 0 Å². The number of carbonyl (C=O) groups excluding carboxylic acids is 1. The van der Waals surface area contributed by atoms with E-state index in [0.717, 1.165) is 36.3 Å². The van der Waals surface area contributed by atoms with Gasteiger partial charge in [-0.05, 0) is 38.4 Å². The van der Waals surface area contributed by atoms with Gasteiger partial charge in [-0.3, -0.25) is 9.20 Å². The topological polar surface area (TPSA) is 46.4 Å². The summed E-state index contributed by atoms with van der Waals surface area (Å²) in [4.78, 5) is 15.5. The lowest BCUT2D eigenvalue weighted by atomic mass is 10.2. The van der Waals surface area contributed by atoms with Crippen LogP contribution >= 0.6 is 0 Å². The number of aldehydes is 1. The molecular formula is C13H15N3O. The van der Waals surface area contributed by atoms with Crippen LogP contribution in [0.4, 0.5) is 0 Å². The van der Waals surface area contributed by atoms with Gasteiger partial charge < -0.3 is 5.32 Å². The molecule has 0 bridgehead atoms. The van der Waals surface area contributed by atoms with E-state index >= 15 is 0 Å². The molecule has 3 heterocycles. The predicted octanol–water partition coefficient (Wildman–Crippen LogP) is 1.88. The van der Waals surface area contributed by atoms with Gasteiger partial charge in [-0.2, -0.15) is 0 Å². The third-order valence-corrected chi connectivity index (χ3v) is 3.40. The quantitative estimate of drug-likeness (QED) is 0.800. The minimum Gasteiger partial charge on any atom is -0.307 e. The zero-order valence-corrected chi connectivity index (χ0v) is 9.81. The van der Waals surface area contributed by atoms with E-state index in [4.69, 9.17) is 0 Å². The molecule has 0 aromatic carbocycles. The number of nitrogens with zero attached hydrogens (tertiary/aromatic N) is 2. The number of carbonyl (C=O) groups is 1. The number of rotatable bonds is 2. The maximum absolute atomic E-state index is 11.1. The van der Waals surface area contributed by atoms with E-state index in [-0.39, 0.29) is 6.04 Å². The van der Waals surface area contributed by atoms with Crippen LogP contribution in [0.5, 0.6) is 0 Å². The van der Waals surface area contributed by atoms with Crippen molar-refractivity contribution >= 4 is 11.8 Å². The molecule has 4 heteroatoms. The molecule has 1 aliphatic heterocycles. The van der Waals surface area contributed by atoms with Gasteiger partial charge in [-0.25, -0.2) is 4.98 Å². The Balaban J connectivity index is 2.26. The van der Waals surface area contributed by atoms with E-state index in [0.29, 0.717) is 5.69 Å². The summed E-state index contributed by atoms with van der Waals surface area (Å²) in [6.07, 6.45) is 3.10. The molecule has 0 aliphatic carbocycles. The number of fused-ring (bicyclic) bond motifs is 1. The Morgan fingerprint density at radius 1 is 1.53 bits per heavy atom. The summed E-state index contributed by atoms with van der Waals surface area (Å²) in [5.74, 6) is 0.970. The van der Waals surface area contributed by atoms with Gasteiger partial charge in [0.1, 0.15) is 11.5 Å². The van der Waals surface area contributed by atoms with Gasteiger partial charge in [0.2, 0.25) is 0 Å². The van der Waals surface area contributed by atoms with Gasteiger partial charge >= 0.3 is 0 Å². The number of nitrogens with one attached hydrogen (secondary N) is 1. The van der Waals surface area contributed by atoms with E-state index in [2.05, 4.69) is 14.7 Å². The van der Waals surface area contributed by atoms with Crippen molar-refractivity contribution in [2.75, 3.05) is 6.54 Å². The fourth-order valence-electron chi connectivity index (χ4n) is 2.58. The molecule has 0 amide bonds. The summed E-state index contributed by atoms with van der Waals surface area (Å²) in [6.45, 7) is 3.07. The molecule has 4 nitrogen and oxygen atoms in total. The summed E-state index contributed by atoms with van der Waals surface area (Å²) < 4.78 is 2.09. The van der Waals surface area contributed by atoms with Gasteiger partial charge in [0.05, 0.1) is 11.6 Å². The van der Waals surface area contributed by atoms with E-state index in [1.165, 1.54) is 6.42 Å². The minimum absolute atomic E-state index is 0.275. The Hall–Kier alpha value is -1.68. The molecule has 1 unspecified atom stereocenters. The molecule has 1 saturated heterocycles. The van der Waals surface area contributed by atoms with Gasteiger partial charge in [0.25, 0.3) is 0 Å². The van der Waals surface area contributed by atoms with Crippen LogP contribution in [-0.2, 0) is 0 Å². The summed E-state index contributed by atoms with van der Waals surface area (Å²) in [7, 11) is 0. The van der Waals surface area contributed by atoms with Crippen molar-refractivity contribution in [3.05, 3.63) is 35.4 Å². The average Bonchev–Trinajstić information content (AvgIpc) is 2.95. The van der Waals surface area contributed by atoms with Crippen molar-refractivity contribution in [2.45, 2.75) is 25.8 Å². The van der Waals surface area contributed by atoms with E-state index < -0.39 is 0 Å². The zero-order chi connectivity index (χ0) is 11.8. The maximum atomic E-state index is 11.1. The first kappa shape index (κ1) is 10.5. The van der Waals surface area contributed by atoms with Gasteiger partial charge in [-0.1, -0.05) is 6.07 Å². The normalized spacial score (nSPS) is 19.9. The molecule has 1 fully saturated rings. The SMILES string of the molecule is Cc1cccc2c(C=O)nc(C3CCCN3)n12. The smallest absolute Gasteiger partial charge is 0.170 e. The van der Waals surface area contributed by atoms with Crippen molar-refractivity contribution in [1.29, 1.82) is 0 Å². The lowest BCUT2D eigenvalue weighted by molar-refractivity contribution is 0.112. The molecule has 3 rings (SSSR count). The van der Waals surface area contributed by atoms with Crippen LogP contribution in [-0.4, -0.2) is 22.2 Å². The average molecular weight is 229 g/mol. The molecular weight excluding hydrogens is 214 g/mol. The Morgan fingerprint density at radius 2 is 2.41 bits per heavy atom. The zero-order valence-electron chi connectivity index (χ0n) is 9.81. The number of aromatic nitrogens is 2. The molecule has 2 aromatic rings. The fourth-order valence-corrected chi connectivity index (χ4v) is 2.58. The Bertz CT molecular complexity index is 567. The first-order valence-electron chi connectivity index (χ1n) is 5.98. The molecule has 1 atom stereocenters. The minimum atomic E-state index is 0.275. The number of imidazole rings is 1. The van der Waals surface area contributed by atoms with Crippen LogP contribution in [0.3, 0.4) is 0 Å². The molecule has 1 aliphatic rings. The summed E-state index contributed by atoms with van der Waals surface area (Å²) in [5.41, 5.74) is 2.56. The number of pyridine rings is 1. The van der Waals surface area contributed by atoms with Crippen LogP contribution in [0, 0.1) is 6.92 Å². The fraction of sp³-hybridized carbons (Fsp3) is 0.385. The largest absolute Gasteiger partial charge is 0.307 e. The molecule has 2 aromatic heterocycles. The monoisotopic (exact) mass is 229 g/mol. The second kappa shape index (κ2) is 3.96. The van der Waals surface area contributed by atoms with Crippen LogP contribution in [0.15, 0.2) is 18.2 Å². The Labute approximate surface area is 99.7 Å². The highest BCUT2D eigenvalue weighted by molar-refractivity contribution is 5.84. The third-order valence-electron chi connectivity index (χ3n) is 3.40. The third kappa shape index (κ3) is 1.56. The second-order valence-electron chi connectivity index (χ2n) is 4.51. The van der Waals surface area contributed by atoms with Crippen LogP contribution in [0.25, 0.3) is 5.52 Å². The molecule has 0 spiro atoms. The lowest BCUT2D eigenvalue weighted by Gasteiger charge is -2.10. The van der Waals surface area contributed by atoms with Gasteiger partial charge in [-0.15, -0.1) is 0 Å².